The van der Waals surface area contributed by atoms with Crippen molar-refractivity contribution in [1.29, 1.82) is 0 Å². The van der Waals surface area contributed by atoms with E-state index in [1.807, 2.05) is 0 Å². The predicted octanol–water partition coefficient (Wildman–Crippen LogP) is 3.98. The maximum atomic E-state index is 15.1. The van der Waals surface area contributed by atoms with Gasteiger partial charge in [0, 0.05) is 16.7 Å². The second kappa shape index (κ2) is 7.85. The van der Waals surface area contributed by atoms with Crippen molar-refractivity contribution in [2.45, 2.75) is 28.9 Å². The maximum absolute atomic E-state index is 15.1. The standard InChI is InChI=1S/C20H19ClF2O5S2/c21-14-1-3-15(4-2-14)30(26,27)20-8-7-12(11-29(24)25)9-13(20)10-28-19-17(23)6-5-16(22)18(19)20/h1-6,12-13H,7-11H2,(H,24,25)/p-1/t12-,13-,20+/m1/s1. The van der Waals surface area contributed by atoms with Crippen molar-refractivity contribution >= 4 is 32.5 Å². The zero-order valence-electron chi connectivity index (χ0n) is 15.6. The molecule has 0 radical (unpaired) electrons. The van der Waals surface area contributed by atoms with E-state index in [-0.39, 0.29) is 48.0 Å². The van der Waals surface area contributed by atoms with Gasteiger partial charge >= 0.3 is 0 Å². The van der Waals surface area contributed by atoms with Gasteiger partial charge in [0.25, 0.3) is 0 Å². The van der Waals surface area contributed by atoms with Gasteiger partial charge in [0.1, 0.15) is 10.6 Å². The molecule has 0 aromatic heterocycles. The van der Waals surface area contributed by atoms with Crippen molar-refractivity contribution in [3.63, 3.8) is 0 Å². The Morgan fingerprint density at radius 2 is 1.83 bits per heavy atom. The lowest BCUT2D eigenvalue weighted by Crippen LogP contribution is -2.52. The number of fused-ring (bicyclic) bond motifs is 3. The highest BCUT2D eigenvalue weighted by atomic mass is 35.5. The van der Waals surface area contributed by atoms with Crippen LogP contribution < -0.4 is 4.74 Å². The van der Waals surface area contributed by atoms with E-state index < -0.39 is 49.0 Å². The summed E-state index contributed by atoms with van der Waals surface area (Å²) < 4.78 is 83.4. The highest BCUT2D eigenvalue weighted by Gasteiger charge is 2.59. The summed E-state index contributed by atoms with van der Waals surface area (Å²) in [6, 6.07) is 7.34. The molecule has 0 bridgehead atoms. The minimum atomic E-state index is -4.20. The summed E-state index contributed by atoms with van der Waals surface area (Å²) in [7, 11) is -4.20. The Hall–Kier alpha value is -1.55. The van der Waals surface area contributed by atoms with Crippen LogP contribution in [0.1, 0.15) is 24.8 Å². The number of hydrogen-bond acceptors (Lipinski definition) is 5. The third kappa shape index (κ3) is 3.36. The quantitative estimate of drug-likeness (QED) is 0.625. The molecule has 1 fully saturated rings. The fourth-order valence-electron chi connectivity index (χ4n) is 4.77. The van der Waals surface area contributed by atoms with Gasteiger partial charge in [0.2, 0.25) is 0 Å². The Morgan fingerprint density at radius 3 is 2.50 bits per heavy atom. The summed E-state index contributed by atoms with van der Waals surface area (Å²) in [6.07, 6.45) is 0.407. The number of halogens is 3. The topological polar surface area (TPSA) is 83.5 Å². The molecule has 4 atom stereocenters. The van der Waals surface area contributed by atoms with Gasteiger partial charge in [-0.2, -0.15) is 0 Å². The van der Waals surface area contributed by atoms with E-state index in [4.69, 9.17) is 16.3 Å². The Balaban J connectivity index is 1.93. The molecule has 5 nitrogen and oxygen atoms in total. The van der Waals surface area contributed by atoms with Crippen LogP contribution in [0.15, 0.2) is 41.3 Å². The van der Waals surface area contributed by atoms with Crippen molar-refractivity contribution in [1.82, 2.24) is 0 Å². The van der Waals surface area contributed by atoms with E-state index in [9.17, 15) is 21.6 Å². The Bertz CT molecular complexity index is 1110. The van der Waals surface area contributed by atoms with Crippen molar-refractivity contribution in [2.24, 2.45) is 11.8 Å². The number of hydrogen-bond donors (Lipinski definition) is 0. The van der Waals surface area contributed by atoms with Crippen LogP contribution >= 0.6 is 11.6 Å². The highest BCUT2D eigenvalue weighted by Crippen LogP contribution is 2.57. The minimum Gasteiger partial charge on any atom is -0.772 e. The molecule has 0 saturated heterocycles. The second-order valence-corrected chi connectivity index (χ2v) is 11.3. The molecule has 162 valence electrons. The summed E-state index contributed by atoms with van der Waals surface area (Å²) >= 11 is 3.60. The van der Waals surface area contributed by atoms with Gasteiger partial charge in [-0.25, -0.2) is 17.2 Å². The second-order valence-electron chi connectivity index (χ2n) is 7.70. The first-order chi connectivity index (χ1) is 14.2. The van der Waals surface area contributed by atoms with Crippen LogP contribution in [0.4, 0.5) is 8.78 Å². The SMILES string of the molecule is O=S([O-])C[C@@H]1CC[C@@]2(S(=O)(=O)c3ccc(Cl)cc3)c3c(F)ccc(F)c3OC[C@H]2C1. The molecule has 1 saturated carbocycles. The lowest BCUT2D eigenvalue weighted by atomic mass is 9.69. The molecule has 0 amide bonds. The third-order valence-electron chi connectivity index (χ3n) is 6.09. The summed E-state index contributed by atoms with van der Waals surface area (Å²) in [6.45, 7) is -0.151. The molecule has 1 aliphatic heterocycles. The van der Waals surface area contributed by atoms with Crippen LogP contribution in [0.5, 0.6) is 5.75 Å². The monoisotopic (exact) mass is 475 g/mol. The van der Waals surface area contributed by atoms with Gasteiger partial charge in [-0.05, 0) is 61.6 Å². The van der Waals surface area contributed by atoms with Crippen LogP contribution in [-0.4, -0.2) is 29.5 Å². The fraction of sp³-hybridized carbons (Fsp3) is 0.400. The first-order valence-corrected chi connectivity index (χ1v) is 12.4. The average Bonchev–Trinajstić information content (AvgIpc) is 2.70. The summed E-state index contributed by atoms with van der Waals surface area (Å²) in [5, 5.41) is 0.342. The lowest BCUT2D eigenvalue weighted by molar-refractivity contribution is 0.103. The van der Waals surface area contributed by atoms with Crippen LogP contribution in [0.3, 0.4) is 0 Å². The van der Waals surface area contributed by atoms with E-state index >= 15 is 4.39 Å². The van der Waals surface area contributed by atoms with Gasteiger partial charge < -0.3 is 9.29 Å². The molecule has 1 heterocycles. The van der Waals surface area contributed by atoms with Crippen LogP contribution in [0.2, 0.25) is 5.02 Å². The Kier molecular flexibility index (Phi) is 5.67. The lowest BCUT2D eigenvalue weighted by Gasteiger charge is -2.49. The van der Waals surface area contributed by atoms with Crippen molar-refractivity contribution in [3.8, 4) is 5.75 Å². The smallest absolute Gasteiger partial charge is 0.188 e. The molecule has 1 unspecified atom stereocenters. The number of benzene rings is 2. The molecule has 30 heavy (non-hydrogen) atoms. The van der Waals surface area contributed by atoms with Gasteiger partial charge in [-0.3, -0.25) is 4.21 Å². The Labute approximate surface area is 180 Å². The normalized spacial score (nSPS) is 26.9. The van der Waals surface area contributed by atoms with Gasteiger partial charge in [0.05, 0.1) is 17.1 Å². The van der Waals surface area contributed by atoms with Crippen molar-refractivity contribution in [2.75, 3.05) is 12.4 Å². The molecule has 2 aromatic carbocycles. The number of ether oxygens (including phenoxy) is 1. The molecule has 4 rings (SSSR count). The van der Waals surface area contributed by atoms with Crippen LogP contribution in [0.25, 0.3) is 0 Å². The van der Waals surface area contributed by atoms with Gasteiger partial charge in [0.15, 0.2) is 21.4 Å². The van der Waals surface area contributed by atoms with E-state index in [1.54, 1.807) is 0 Å². The molecule has 2 aromatic rings. The number of rotatable bonds is 4. The largest absolute Gasteiger partial charge is 0.772 e. The molecule has 10 heteroatoms. The van der Waals surface area contributed by atoms with E-state index in [0.29, 0.717) is 5.02 Å². The number of sulfone groups is 1. The first kappa shape index (κ1) is 21.7. The van der Waals surface area contributed by atoms with E-state index in [2.05, 4.69) is 0 Å². The van der Waals surface area contributed by atoms with Gasteiger partial charge in [-0.15, -0.1) is 0 Å². The summed E-state index contributed by atoms with van der Waals surface area (Å²) in [5.74, 6) is -3.23. The molecular formula is C20H18ClF2O5S2-. The molecule has 2 aliphatic rings. The predicted molar refractivity (Wildman–Crippen MR) is 107 cm³/mol. The molecule has 1 aliphatic carbocycles. The zero-order valence-corrected chi connectivity index (χ0v) is 18.0. The van der Waals surface area contributed by atoms with E-state index in [1.165, 1.54) is 24.3 Å². The minimum absolute atomic E-state index is 0.0404. The summed E-state index contributed by atoms with van der Waals surface area (Å²) in [5.41, 5.74) is -0.310. The van der Waals surface area contributed by atoms with Crippen molar-refractivity contribution in [3.05, 3.63) is 58.6 Å². The van der Waals surface area contributed by atoms with Crippen LogP contribution in [-0.2, 0) is 25.7 Å². The fourth-order valence-corrected chi connectivity index (χ4v) is 7.95. The average molecular weight is 476 g/mol. The van der Waals surface area contributed by atoms with Gasteiger partial charge in [-0.1, -0.05) is 22.7 Å². The summed E-state index contributed by atoms with van der Waals surface area (Å²) in [4.78, 5) is -0.0562. The molecule has 0 spiro atoms. The van der Waals surface area contributed by atoms with Crippen LogP contribution in [0, 0.1) is 23.5 Å². The highest BCUT2D eigenvalue weighted by molar-refractivity contribution is 7.92. The third-order valence-corrected chi connectivity index (χ3v) is 9.68. The zero-order chi connectivity index (χ0) is 21.7. The maximum Gasteiger partial charge on any atom is 0.188 e. The molecular weight excluding hydrogens is 458 g/mol. The molecule has 0 N–H and O–H groups in total. The first-order valence-electron chi connectivity index (χ1n) is 9.34. The van der Waals surface area contributed by atoms with E-state index in [0.717, 1.165) is 12.1 Å². The van der Waals surface area contributed by atoms with Crippen molar-refractivity contribution < 1.29 is 30.7 Å². The Morgan fingerprint density at radius 1 is 1.17 bits per heavy atom.